The molecule has 5 rings (SSSR count). The molecule has 1 N–H and O–H groups in total. The molecule has 0 aliphatic heterocycles. The number of nitrogens with zero attached hydrogens (tertiary/aromatic N) is 3. The van der Waals surface area contributed by atoms with Gasteiger partial charge in [0.2, 0.25) is 0 Å². The van der Waals surface area contributed by atoms with E-state index in [1.54, 1.807) is 6.07 Å². The highest BCUT2D eigenvalue weighted by Crippen LogP contribution is 2.40. The van der Waals surface area contributed by atoms with Crippen LogP contribution in [0.1, 0.15) is 35.0 Å². The molecule has 1 fully saturated rings. The Bertz CT molecular complexity index is 1060. The Morgan fingerprint density at radius 3 is 2.77 bits per heavy atom. The molecule has 128 valence electrons. The van der Waals surface area contributed by atoms with Gasteiger partial charge in [0.05, 0.1) is 5.69 Å². The maximum atomic E-state index is 12.3. The third kappa shape index (κ3) is 2.75. The van der Waals surface area contributed by atoms with E-state index >= 15 is 0 Å². The number of carbonyl (C=O) groups excluding carboxylic acids is 1. The summed E-state index contributed by atoms with van der Waals surface area (Å²) in [6.07, 6.45) is 6.17. The van der Waals surface area contributed by atoms with Gasteiger partial charge in [0.15, 0.2) is 5.69 Å². The Hall–Kier alpha value is -3.41. The van der Waals surface area contributed by atoms with E-state index in [2.05, 4.69) is 15.5 Å². The van der Waals surface area contributed by atoms with Crippen molar-refractivity contribution in [3.8, 4) is 11.3 Å². The van der Waals surface area contributed by atoms with Gasteiger partial charge in [-0.05, 0) is 37.1 Å². The number of benzene rings is 1. The first-order chi connectivity index (χ1) is 12.8. The average molecular weight is 344 g/mol. The maximum Gasteiger partial charge on any atom is 0.277 e. The van der Waals surface area contributed by atoms with Crippen molar-refractivity contribution in [2.24, 2.45) is 0 Å². The predicted octanol–water partition coefficient (Wildman–Crippen LogP) is 4.12. The van der Waals surface area contributed by atoms with E-state index < -0.39 is 0 Å². The van der Waals surface area contributed by atoms with Crippen LogP contribution in [-0.2, 0) is 0 Å². The molecule has 0 saturated heterocycles. The molecular weight excluding hydrogens is 328 g/mol. The molecule has 1 amide bonds. The lowest BCUT2D eigenvalue weighted by atomic mass is 10.1. The van der Waals surface area contributed by atoms with Gasteiger partial charge in [0, 0.05) is 35.6 Å². The number of imidazole rings is 1. The van der Waals surface area contributed by atoms with Crippen LogP contribution in [0.4, 0.5) is 5.69 Å². The van der Waals surface area contributed by atoms with E-state index in [1.165, 1.54) is 0 Å². The second-order valence-electron chi connectivity index (χ2n) is 6.51. The first-order valence-corrected chi connectivity index (χ1v) is 8.58. The number of pyridine rings is 1. The number of hydrogen-bond acceptors (Lipinski definition) is 4. The number of hydrogen-bond donors (Lipinski definition) is 1. The Balaban J connectivity index is 1.33. The topological polar surface area (TPSA) is 72.4 Å². The fourth-order valence-electron chi connectivity index (χ4n) is 2.95. The predicted molar refractivity (Wildman–Crippen MR) is 97.1 cm³/mol. The van der Waals surface area contributed by atoms with Gasteiger partial charge in [-0.25, -0.2) is 4.98 Å². The lowest BCUT2D eigenvalue weighted by Crippen LogP contribution is -2.12. The Morgan fingerprint density at radius 1 is 1.15 bits per heavy atom. The van der Waals surface area contributed by atoms with Gasteiger partial charge in [0.25, 0.3) is 5.91 Å². The van der Waals surface area contributed by atoms with Crippen molar-refractivity contribution in [1.29, 1.82) is 0 Å². The summed E-state index contributed by atoms with van der Waals surface area (Å²) in [4.78, 5) is 16.9. The molecule has 0 radical (unpaired) electrons. The molecule has 26 heavy (non-hydrogen) atoms. The van der Waals surface area contributed by atoms with Crippen LogP contribution in [0.5, 0.6) is 0 Å². The summed E-state index contributed by atoms with van der Waals surface area (Å²) in [5.41, 5.74) is 3.80. The summed E-state index contributed by atoms with van der Waals surface area (Å²) in [5, 5.41) is 6.71. The van der Waals surface area contributed by atoms with E-state index in [4.69, 9.17) is 4.52 Å². The second kappa shape index (κ2) is 5.84. The summed E-state index contributed by atoms with van der Waals surface area (Å²) >= 11 is 0. The fraction of sp³-hybridized carbons (Fsp3) is 0.150. The smallest absolute Gasteiger partial charge is 0.277 e. The number of nitrogens with one attached hydrogen (secondary N) is 1. The minimum absolute atomic E-state index is 0.263. The quantitative estimate of drug-likeness (QED) is 0.604. The van der Waals surface area contributed by atoms with Crippen LogP contribution in [0.25, 0.3) is 16.9 Å². The zero-order valence-electron chi connectivity index (χ0n) is 13.9. The van der Waals surface area contributed by atoms with Crippen molar-refractivity contribution in [1.82, 2.24) is 14.5 Å². The number of fused-ring (bicyclic) bond motifs is 1. The fourth-order valence-corrected chi connectivity index (χ4v) is 2.95. The van der Waals surface area contributed by atoms with Crippen LogP contribution in [0.2, 0.25) is 0 Å². The lowest BCUT2D eigenvalue weighted by Gasteiger charge is -2.03. The Kier molecular flexibility index (Phi) is 3.35. The number of rotatable bonds is 4. The molecule has 6 heteroatoms. The summed E-state index contributed by atoms with van der Waals surface area (Å²) in [7, 11) is 0. The van der Waals surface area contributed by atoms with E-state index in [0.29, 0.717) is 17.3 Å². The standard InChI is InChI=1S/C20H16N4O2/c25-20(16-11-18(26-23-16)14-4-5-14)21-15-8-6-13(7-9-15)17-12-24-10-2-1-3-19(24)22-17/h1-3,6-12,14H,4-5H2,(H,21,25). The number of carbonyl (C=O) groups is 1. The van der Waals surface area contributed by atoms with E-state index in [0.717, 1.165) is 35.5 Å². The number of amides is 1. The summed E-state index contributed by atoms with van der Waals surface area (Å²) < 4.78 is 7.21. The SMILES string of the molecule is O=C(Nc1ccc(-c2cn3ccccc3n2)cc1)c1cc(C2CC2)on1. The minimum Gasteiger partial charge on any atom is -0.360 e. The van der Waals surface area contributed by atoms with Gasteiger partial charge in [-0.2, -0.15) is 0 Å². The highest BCUT2D eigenvalue weighted by molar-refractivity contribution is 6.02. The van der Waals surface area contributed by atoms with Crippen molar-refractivity contribution in [2.75, 3.05) is 5.32 Å². The van der Waals surface area contributed by atoms with Crippen LogP contribution in [0.3, 0.4) is 0 Å². The molecule has 1 aromatic carbocycles. The summed E-state index contributed by atoms with van der Waals surface area (Å²) in [6.45, 7) is 0. The van der Waals surface area contributed by atoms with Gasteiger partial charge in [0.1, 0.15) is 11.4 Å². The molecule has 0 unspecified atom stereocenters. The third-order valence-corrected chi connectivity index (χ3v) is 4.54. The van der Waals surface area contributed by atoms with Gasteiger partial charge in [-0.3, -0.25) is 4.79 Å². The molecule has 1 saturated carbocycles. The molecule has 6 nitrogen and oxygen atoms in total. The summed E-state index contributed by atoms with van der Waals surface area (Å²) in [5.74, 6) is 0.979. The van der Waals surface area contributed by atoms with Crippen LogP contribution in [0.15, 0.2) is 65.4 Å². The average Bonchev–Trinajstić information content (AvgIpc) is 3.23. The molecule has 4 aromatic rings. The monoisotopic (exact) mass is 344 g/mol. The molecule has 0 spiro atoms. The largest absolute Gasteiger partial charge is 0.360 e. The highest BCUT2D eigenvalue weighted by atomic mass is 16.5. The van der Waals surface area contributed by atoms with E-state index in [-0.39, 0.29) is 5.91 Å². The highest BCUT2D eigenvalue weighted by Gasteiger charge is 2.28. The van der Waals surface area contributed by atoms with Crippen LogP contribution in [0, 0.1) is 0 Å². The van der Waals surface area contributed by atoms with Crippen molar-refractivity contribution in [3.63, 3.8) is 0 Å². The van der Waals surface area contributed by atoms with Crippen LogP contribution in [-0.4, -0.2) is 20.4 Å². The van der Waals surface area contributed by atoms with Gasteiger partial charge < -0.3 is 14.2 Å². The molecule has 0 atom stereocenters. The third-order valence-electron chi connectivity index (χ3n) is 4.54. The first-order valence-electron chi connectivity index (χ1n) is 8.58. The molecule has 1 aliphatic carbocycles. The number of aromatic nitrogens is 3. The van der Waals surface area contributed by atoms with Crippen molar-refractivity contribution in [2.45, 2.75) is 18.8 Å². The molecule has 0 bridgehead atoms. The molecule has 3 aromatic heterocycles. The summed E-state index contributed by atoms with van der Waals surface area (Å²) in [6, 6.07) is 15.2. The maximum absolute atomic E-state index is 12.3. The lowest BCUT2D eigenvalue weighted by molar-refractivity contribution is 0.101. The van der Waals surface area contributed by atoms with Gasteiger partial charge >= 0.3 is 0 Å². The van der Waals surface area contributed by atoms with E-state index in [1.807, 2.05) is 59.3 Å². The van der Waals surface area contributed by atoms with Crippen molar-refractivity contribution in [3.05, 3.63) is 72.4 Å². The van der Waals surface area contributed by atoms with E-state index in [9.17, 15) is 4.79 Å². The first kappa shape index (κ1) is 14.9. The van der Waals surface area contributed by atoms with Crippen LogP contribution < -0.4 is 5.32 Å². The normalized spacial score (nSPS) is 13.8. The van der Waals surface area contributed by atoms with Gasteiger partial charge in [-0.1, -0.05) is 23.4 Å². The Labute approximate surface area is 149 Å². The second-order valence-corrected chi connectivity index (χ2v) is 6.51. The molecular formula is C20H16N4O2. The van der Waals surface area contributed by atoms with Crippen LogP contribution >= 0.6 is 0 Å². The zero-order valence-corrected chi connectivity index (χ0v) is 13.9. The number of anilines is 1. The molecule has 1 aliphatic rings. The Morgan fingerprint density at radius 2 is 2.00 bits per heavy atom. The van der Waals surface area contributed by atoms with Crippen molar-refractivity contribution < 1.29 is 9.32 Å². The molecule has 3 heterocycles. The minimum atomic E-state index is -0.263. The zero-order chi connectivity index (χ0) is 17.5. The van der Waals surface area contributed by atoms with Crippen molar-refractivity contribution >= 4 is 17.2 Å². The van der Waals surface area contributed by atoms with Gasteiger partial charge in [-0.15, -0.1) is 0 Å².